The second-order valence-corrected chi connectivity index (χ2v) is 6.49. The number of ether oxygens (including phenoxy) is 1. The van der Waals surface area contributed by atoms with Crippen molar-refractivity contribution in [2.24, 2.45) is 0 Å². The SMILES string of the molecule is COC(=O)c1cccc(NC(=O)c2cncc(Nc3cccc4cccnc34)c2)c1. The number of benzene rings is 2. The lowest BCUT2D eigenvalue weighted by atomic mass is 10.1. The summed E-state index contributed by atoms with van der Waals surface area (Å²) in [6.07, 6.45) is 4.85. The Kier molecular flexibility index (Phi) is 5.34. The van der Waals surface area contributed by atoms with Crippen LogP contribution in [0.3, 0.4) is 0 Å². The van der Waals surface area contributed by atoms with Crippen molar-refractivity contribution in [2.45, 2.75) is 0 Å². The fourth-order valence-electron chi connectivity index (χ4n) is 3.04. The number of rotatable bonds is 5. The summed E-state index contributed by atoms with van der Waals surface area (Å²) < 4.78 is 4.71. The third kappa shape index (κ3) is 4.10. The molecule has 1 amide bonds. The number of carbonyl (C=O) groups is 2. The van der Waals surface area contributed by atoms with Gasteiger partial charge in [-0.15, -0.1) is 0 Å². The molecule has 4 aromatic rings. The molecule has 148 valence electrons. The summed E-state index contributed by atoms with van der Waals surface area (Å²) in [6.45, 7) is 0. The number of esters is 1. The highest BCUT2D eigenvalue weighted by Gasteiger charge is 2.11. The Balaban J connectivity index is 1.54. The fourth-order valence-corrected chi connectivity index (χ4v) is 3.04. The van der Waals surface area contributed by atoms with Crippen LogP contribution in [0.25, 0.3) is 10.9 Å². The van der Waals surface area contributed by atoms with E-state index in [9.17, 15) is 9.59 Å². The summed E-state index contributed by atoms with van der Waals surface area (Å²) >= 11 is 0. The molecule has 0 bridgehead atoms. The molecule has 7 heteroatoms. The molecule has 2 heterocycles. The van der Waals surface area contributed by atoms with Gasteiger partial charge in [-0.3, -0.25) is 14.8 Å². The van der Waals surface area contributed by atoms with Gasteiger partial charge in [0.1, 0.15) is 0 Å². The van der Waals surface area contributed by atoms with E-state index in [0.29, 0.717) is 22.5 Å². The number of anilines is 3. The van der Waals surface area contributed by atoms with Crippen LogP contribution in [0, 0.1) is 0 Å². The molecule has 0 aliphatic heterocycles. The first-order valence-corrected chi connectivity index (χ1v) is 9.19. The van der Waals surface area contributed by atoms with Gasteiger partial charge in [-0.25, -0.2) is 4.79 Å². The monoisotopic (exact) mass is 398 g/mol. The van der Waals surface area contributed by atoms with E-state index in [1.165, 1.54) is 13.3 Å². The Morgan fingerprint density at radius 2 is 1.70 bits per heavy atom. The van der Waals surface area contributed by atoms with Crippen LogP contribution in [-0.2, 0) is 4.74 Å². The van der Waals surface area contributed by atoms with E-state index >= 15 is 0 Å². The molecule has 4 rings (SSSR count). The number of hydrogen-bond acceptors (Lipinski definition) is 6. The minimum atomic E-state index is -0.470. The van der Waals surface area contributed by atoms with Crippen LogP contribution in [-0.4, -0.2) is 29.0 Å². The third-order valence-corrected chi connectivity index (χ3v) is 4.45. The van der Waals surface area contributed by atoms with E-state index in [2.05, 4.69) is 20.6 Å². The van der Waals surface area contributed by atoms with Crippen LogP contribution < -0.4 is 10.6 Å². The molecule has 30 heavy (non-hydrogen) atoms. The average molecular weight is 398 g/mol. The van der Waals surface area contributed by atoms with E-state index in [0.717, 1.165) is 16.6 Å². The van der Waals surface area contributed by atoms with Gasteiger partial charge in [0.15, 0.2) is 0 Å². The van der Waals surface area contributed by atoms with Crippen molar-refractivity contribution in [2.75, 3.05) is 17.7 Å². The molecule has 0 saturated carbocycles. The predicted molar refractivity (Wildman–Crippen MR) is 115 cm³/mol. The van der Waals surface area contributed by atoms with E-state index in [1.807, 2.05) is 30.3 Å². The van der Waals surface area contributed by atoms with Crippen LogP contribution >= 0.6 is 0 Å². The van der Waals surface area contributed by atoms with Gasteiger partial charge in [-0.1, -0.05) is 24.3 Å². The molecule has 0 fully saturated rings. The molecule has 0 unspecified atom stereocenters. The highest BCUT2D eigenvalue weighted by molar-refractivity contribution is 6.05. The minimum Gasteiger partial charge on any atom is -0.465 e. The highest BCUT2D eigenvalue weighted by atomic mass is 16.5. The average Bonchev–Trinajstić information content (AvgIpc) is 2.79. The Hall–Kier alpha value is -4.26. The second kappa shape index (κ2) is 8.40. The van der Waals surface area contributed by atoms with Gasteiger partial charge in [-0.2, -0.15) is 0 Å². The molecular formula is C23H18N4O3. The largest absolute Gasteiger partial charge is 0.465 e. The zero-order valence-electron chi connectivity index (χ0n) is 16.1. The quantitative estimate of drug-likeness (QED) is 0.484. The topological polar surface area (TPSA) is 93.2 Å². The number of pyridine rings is 2. The van der Waals surface area contributed by atoms with E-state index < -0.39 is 5.97 Å². The lowest BCUT2D eigenvalue weighted by molar-refractivity contribution is 0.0600. The summed E-state index contributed by atoms with van der Waals surface area (Å²) in [6, 6.07) is 17.9. The van der Waals surface area contributed by atoms with Gasteiger partial charge >= 0.3 is 5.97 Å². The number of amides is 1. The van der Waals surface area contributed by atoms with Crippen molar-refractivity contribution in [3.63, 3.8) is 0 Å². The second-order valence-electron chi connectivity index (χ2n) is 6.49. The van der Waals surface area contributed by atoms with Crippen LogP contribution in [0.5, 0.6) is 0 Å². The Labute approximate surface area is 172 Å². The van der Waals surface area contributed by atoms with Crippen LogP contribution in [0.2, 0.25) is 0 Å². The standard InChI is InChI=1S/C23H18N4O3/c1-30-23(29)16-6-2-8-18(11-16)27-22(28)17-12-19(14-24-13-17)26-20-9-3-5-15-7-4-10-25-21(15)20/h2-14,26H,1H3,(H,27,28). The molecule has 2 aromatic heterocycles. The van der Waals surface area contributed by atoms with Crippen LogP contribution in [0.1, 0.15) is 20.7 Å². The molecule has 0 aliphatic rings. The van der Waals surface area contributed by atoms with Crippen molar-refractivity contribution in [3.8, 4) is 0 Å². The first-order valence-electron chi connectivity index (χ1n) is 9.19. The van der Waals surface area contributed by atoms with Crippen LogP contribution in [0.15, 0.2) is 79.3 Å². The van der Waals surface area contributed by atoms with Crippen LogP contribution in [0.4, 0.5) is 17.1 Å². The van der Waals surface area contributed by atoms with Gasteiger partial charge in [0.25, 0.3) is 5.91 Å². The van der Waals surface area contributed by atoms with Gasteiger partial charge in [-0.05, 0) is 36.4 Å². The maximum atomic E-state index is 12.7. The highest BCUT2D eigenvalue weighted by Crippen LogP contribution is 2.24. The number of hydrogen-bond donors (Lipinski definition) is 2. The molecular weight excluding hydrogens is 380 g/mol. The summed E-state index contributed by atoms with van der Waals surface area (Å²) in [4.78, 5) is 32.9. The molecule has 0 atom stereocenters. The molecule has 7 nitrogen and oxygen atoms in total. The number of fused-ring (bicyclic) bond motifs is 1. The van der Waals surface area contributed by atoms with Crippen molar-refractivity contribution in [1.82, 2.24) is 9.97 Å². The van der Waals surface area contributed by atoms with E-state index in [1.54, 1.807) is 42.7 Å². The maximum absolute atomic E-state index is 12.7. The molecule has 0 spiro atoms. The number of para-hydroxylation sites is 1. The molecule has 2 aromatic carbocycles. The number of nitrogens with one attached hydrogen (secondary N) is 2. The summed E-state index contributed by atoms with van der Waals surface area (Å²) in [5.74, 6) is -0.813. The van der Waals surface area contributed by atoms with Gasteiger partial charge in [0.2, 0.25) is 0 Å². The first-order chi connectivity index (χ1) is 14.6. The lowest BCUT2D eigenvalue weighted by Gasteiger charge is -2.11. The number of carbonyl (C=O) groups excluding carboxylic acids is 2. The molecule has 0 saturated heterocycles. The Bertz CT molecular complexity index is 1230. The third-order valence-electron chi connectivity index (χ3n) is 4.45. The summed E-state index contributed by atoms with van der Waals surface area (Å²) in [7, 11) is 1.31. The van der Waals surface area contributed by atoms with Crippen molar-refractivity contribution >= 4 is 39.8 Å². The lowest BCUT2D eigenvalue weighted by Crippen LogP contribution is -2.13. The van der Waals surface area contributed by atoms with Gasteiger partial charge in [0, 0.05) is 23.5 Å². The molecule has 0 radical (unpaired) electrons. The normalized spacial score (nSPS) is 10.4. The van der Waals surface area contributed by atoms with Gasteiger partial charge < -0.3 is 15.4 Å². The first kappa shape index (κ1) is 19.1. The van der Waals surface area contributed by atoms with Crippen molar-refractivity contribution in [1.29, 1.82) is 0 Å². The smallest absolute Gasteiger partial charge is 0.337 e. The van der Waals surface area contributed by atoms with Gasteiger partial charge in [0.05, 0.1) is 41.3 Å². The zero-order chi connectivity index (χ0) is 20.9. The Morgan fingerprint density at radius 1 is 0.900 bits per heavy atom. The van der Waals surface area contributed by atoms with E-state index in [-0.39, 0.29) is 5.91 Å². The fraction of sp³-hybridized carbons (Fsp3) is 0.0435. The minimum absolute atomic E-state index is 0.343. The zero-order valence-corrected chi connectivity index (χ0v) is 16.1. The van der Waals surface area contributed by atoms with Crippen molar-refractivity contribution in [3.05, 3.63) is 90.4 Å². The maximum Gasteiger partial charge on any atom is 0.337 e. The summed E-state index contributed by atoms with van der Waals surface area (Å²) in [5, 5.41) is 7.05. The Morgan fingerprint density at radius 3 is 2.57 bits per heavy atom. The number of aromatic nitrogens is 2. The summed E-state index contributed by atoms with van der Waals surface area (Å²) in [5.41, 5.74) is 3.51. The number of methoxy groups -OCH3 is 1. The number of nitrogens with zero attached hydrogens (tertiary/aromatic N) is 2. The van der Waals surface area contributed by atoms with Crippen molar-refractivity contribution < 1.29 is 14.3 Å². The molecule has 0 aliphatic carbocycles. The molecule has 2 N–H and O–H groups in total. The predicted octanol–water partition coefficient (Wildman–Crippen LogP) is 4.41. The van der Waals surface area contributed by atoms with E-state index in [4.69, 9.17) is 4.74 Å².